The maximum atomic E-state index is 13.3. The number of aromatic nitrogens is 1. The number of anilines is 1. The molecule has 1 N–H and O–H groups in total. The summed E-state index contributed by atoms with van der Waals surface area (Å²) in [5.41, 5.74) is 1.36. The molecular formula is C15H14F2N2O. The third-order valence-corrected chi connectivity index (χ3v) is 2.90. The van der Waals surface area contributed by atoms with E-state index in [0.29, 0.717) is 11.5 Å². The van der Waals surface area contributed by atoms with E-state index in [1.165, 1.54) is 0 Å². The molecule has 1 aromatic heterocycles. The fourth-order valence-electron chi connectivity index (χ4n) is 1.72. The quantitative estimate of drug-likeness (QED) is 0.868. The molecule has 1 heterocycles. The summed E-state index contributed by atoms with van der Waals surface area (Å²) in [5.74, 6) is -2.07. The van der Waals surface area contributed by atoms with Crippen LogP contribution in [0.3, 0.4) is 0 Å². The molecule has 0 atom stereocenters. The lowest BCUT2D eigenvalue weighted by Crippen LogP contribution is -2.13. The summed E-state index contributed by atoms with van der Waals surface area (Å²) in [6, 6.07) is 9.15. The molecule has 0 radical (unpaired) electrons. The number of hydrogen-bond donors (Lipinski definition) is 1. The Balaban J connectivity index is 2.15. The van der Waals surface area contributed by atoms with E-state index in [2.05, 4.69) is 24.1 Å². The van der Waals surface area contributed by atoms with Gasteiger partial charge in [0.15, 0.2) is 0 Å². The molecule has 1 aromatic carbocycles. The van der Waals surface area contributed by atoms with E-state index >= 15 is 0 Å². The average Bonchev–Trinajstić information content (AvgIpc) is 2.42. The van der Waals surface area contributed by atoms with Crippen LogP contribution < -0.4 is 5.32 Å². The van der Waals surface area contributed by atoms with Crippen molar-refractivity contribution >= 4 is 11.6 Å². The summed E-state index contributed by atoms with van der Waals surface area (Å²) in [5, 5.41) is 2.36. The van der Waals surface area contributed by atoms with Crippen LogP contribution in [0.1, 0.15) is 35.7 Å². The molecular weight excluding hydrogens is 262 g/mol. The summed E-state index contributed by atoms with van der Waals surface area (Å²) in [6.45, 7) is 4.10. The van der Waals surface area contributed by atoms with Crippen LogP contribution in [0.2, 0.25) is 0 Å². The summed E-state index contributed by atoms with van der Waals surface area (Å²) < 4.78 is 26.0. The molecule has 3 nitrogen and oxygen atoms in total. The normalized spacial score (nSPS) is 10.7. The van der Waals surface area contributed by atoms with Crippen LogP contribution in [0.5, 0.6) is 0 Å². The van der Waals surface area contributed by atoms with Crippen LogP contribution in [0.15, 0.2) is 36.4 Å². The van der Waals surface area contributed by atoms with E-state index in [1.807, 2.05) is 12.1 Å². The standard InChI is InChI=1S/C15H14F2N2O/c1-9(2)10-3-5-11(6-4-10)15(20)18-12-7-8-13(16)19-14(12)17/h3-9H,1-2H3,(H,18,20). The van der Waals surface area contributed by atoms with E-state index in [9.17, 15) is 13.6 Å². The second-order valence-corrected chi connectivity index (χ2v) is 4.70. The first kappa shape index (κ1) is 14.1. The van der Waals surface area contributed by atoms with E-state index < -0.39 is 17.8 Å². The predicted octanol–water partition coefficient (Wildman–Crippen LogP) is 3.74. The molecule has 2 aromatic rings. The Morgan fingerprint density at radius 3 is 2.30 bits per heavy atom. The van der Waals surface area contributed by atoms with Gasteiger partial charge in [0.25, 0.3) is 5.91 Å². The highest BCUT2D eigenvalue weighted by atomic mass is 19.1. The number of amides is 1. The van der Waals surface area contributed by atoms with E-state index in [-0.39, 0.29) is 5.69 Å². The molecule has 0 fully saturated rings. The molecule has 0 aliphatic heterocycles. The number of pyridine rings is 1. The van der Waals surface area contributed by atoms with Crippen LogP contribution in [-0.2, 0) is 0 Å². The highest BCUT2D eigenvalue weighted by molar-refractivity contribution is 6.04. The number of benzene rings is 1. The molecule has 0 bridgehead atoms. The van der Waals surface area contributed by atoms with Crippen molar-refractivity contribution < 1.29 is 13.6 Å². The van der Waals surface area contributed by atoms with Gasteiger partial charge in [-0.25, -0.2) is 0 Å². The molecule has 0 saturated heterocycles. The number of hydrogen-bond acceptors (Lipinski definition) is 2. The minimum Gasteiger partial charge on any atom is -0.318 e. The molecule has 20 heavy (non-hydrogen) atoms. The number of rotatable bonds is 3. The van der Waals surface area contributed by atoms with E-state index in [4.69, 9.17) is 0 Å². The second-order valence-electron chi connectivity index (χ2n) is 4.70. The number of halogens is 2. The van der Waals surface area contributed by atoms with Crippen molar-refractivity contribution in [3.05, 3.63) is 59.4 Å². The van der Waals surface area contributed by atoms with Gasteiger partial charge in [-0.15, -0.1) is 0 Å². The molecule has 0 aliphatic rings. The highest BCUT2D eigenvalue weighted by Gasteiger charge is 2.11. The largest absolute Gasteiger partial charge is 0.318 e. The highest BCUT2D eigenvalue weighted by Crippen LogP contribution is 2.17. The Morgan fingerprint density at radius 2 is 1.75 bits per heavy atom. The molecule has 0 saturated carbocycles. The van der Waals surface area contributed by atoms with Crippen LogP contribution in [0.4, 0.5) is 14.5 Å². The summed E-state index contributed by atoms with van der Waals surface area (Å²) in [6.07, 6.45) is 0. The van der Waals surface area contributed by atoms with Gasteiger partial charge in [-0.1, -0.05) is 26.0 Å². The summed E-state index contributed by atoms with van der Waals surface area (Å²) in [4.78, 5) is 14.9. The fraction of sp³-hybridized carbons (Fsp3) is 0.200. The SMILES string of the molecule is CC(C)c1ccc(C(=O)Nc2ccc(F)nc2F)cc1. The number of carbonyl (C=O) groups is 1. The Labute approximate surface area is 115 Å². The van der Waals surface area contributed by atoms with Crippen molar-refractivity contribution in [1.82, 2.24) is 4.98 Å². The van der Waals surface area contributed by atoms with Gasteiger partial charge < -0.3 is 5.32 Å². The topological polar surface area (TPSA) is 42.0 Å². The summed E-state index contributed by atoms with van der Waals surface area (Å²) in [7, 11) is 0. The van der Waals surface area contributed by atoms with E-state index in [0.717, 1.165) is 17.7 Å². The van der Waals surface area contributed by atoms with Crippen molar-refractivity contribution in [3.63, 3.8) is 0 Å². The van der Waals surface area contributed by atoms with Crippen molar-refractivity contribution in [3.8, 4) is 0 Å². The monoisotopic (exact) mass is 276 g/mol. The Bertz CT molecular complexity index is 624. The van der Waals surface area contributed by atoms with E-state index in [1.54, 1.807) is 12.1 Å². The smallest absolute Gasteiger partial charge is 0.255 e. The fourth-order valence-corrected chi connectivity index (χ4v) is 1.72. The zero-order valence-electron chi connectivity index (χ0n) is 11.2. The van der Waals surface area contributed by atoms with Crippen molar-refractivity contribution in [2.45, 2.75) is 19.8 Å². The van der Waals surface area contributed by atoms with Crippen LogP contribution in [-0.4, -0.2) is 10.9 Å². The number of nitrogens with one attached hydrogen (secondary N) is 1. The van der Waals surface area contributed by atoms with Gasteiger partial charge in [-0.3, -0.25) is 4.79 Å². The third kappa shape index (κ3) is 3.17. The van der Waals surface area contributed by atoms with Gasteiger partial charge in [0, 0.05) is 5.56 Å². The minimum absolute atomic E-state index is 0.149. The molecule has 0 aliphatic carbocycles. The minimum atomic E-state index is -1.04. The van der Waals surface area contributed by atoms with Gasteiger partial charge in [0.1, 0.15) is 0 Å². The second kappa shape index (κ2) is 5.77. The van der Waals surface area contributed by atoms with Gasteiger partial charge in [-0.05, 0) is 35.7 Å². The lowest BCUT2D eigenvalue weighted by Gasteiger charge is -2.08. The Hall–Kier alpha value is -2.30. The van der Waals surface area contributed by atoms with Crippen LogP contribution in [0.25, 0.3) is 0 Å². The first-order valence-corrected chi connectivity index (χ1v) is 6.20. The maximum Gasteiger partial charge on any atom is 0.255 e. The molecule has 1 amide bonds. The third-order valence-electron chi connectivity index (χ3n) is 2.90. The Kier molecular flexibility index (Phi) is 4.08. The first-order chi connectivity index (χ1) is 9.47. The lowest BCUT2D eigenvalue weighted by molar-refractivity contribution is 0.102. The predicted molar refractivity (Wildman–Crippen MR) is 72.6 cm³/mol. The van der Waals surface area contributed by atoms with Crippen molar-refractivity contribution in [1.29, 1.82) is 0 Å². The summed E-state index contributed by atoms with van der Waals surface area (Å²) >= 11 is 0. The van der Waals surface area contributed by atoms with Gasteiger partial charge in [-0.2, -0.15) is 13.8 Å². The lowest BCUT2D eigenvalue weighted by atomic mass is 10.0. The average molecular weight is 276 g/mol. The molecule has 104 valence electrons. The number of carbonyl (C=O) groups excluding carboxylic acids is 1. The maximum absolute atomic E-state index is 13.3. The van der Waals surface area contributed by atoms with Crippen molar-refractivity contribution in [2.24, 2.45) is 0 Å². The molecule has 2 rings (SSSR count). The first-order valence-electron chi connectivity index (χ1n) is 6.20. The Morgan fingerprint density at radius 1 is 1.10 bits per heavy atom. The van der Waals surface area contributed by atoms with Crippen molar-refractivity contribution in [2.75, 3.05) is 5.32 Å². The zero-order valence-corrected chi connectivity index (χ0v) is 11.2. The van der Waals surface area contributed by atoms with Gasteiger partial charge in [0.05, 0.1) is 5.69 Å². The van der Waals surface area contributed by atoms with Gasteiger partial charge in [0.2, 0.25) is 11.9 Å². The van der Waals surface area contributed by atoms with Crippen LogP contribution in [0, 0.1) is 11.9 Å². The number of nitrogens with zero attached hydrogens (tertiary/aromatic N) is 1. The molecule has 0 unspecified atom stereocenters. The van der Waals surface area contributed by atoms with Crippen LogP contribution >= 0.6 is 0 Å². The molecule has 0 spiro atoms. The van der Waals surface area contributed by atoms with Gasteiger partial charge >= 0.3 is 0 Å². The zero-order chi connectivity index (χ0) is 14.7. The molecule has 5 heteroatoms.